The molecule has 2 nitrogen and oxygen atoms in total. The molecule has 4 heteroatoms. The van der Waals surface area contributed by atoms with Gasteiger partial charge >= 0.3 is 0 Å². The molecule has 0 saturated heterocycles. The first-order valence-corrected chi connectivity index (χ1v) is 18.9. The summed E-state index contributed by atoms with van der Waals surface area (Å²) in [5.41, 5.74) is 4.43. The second kappa shape index (κ2) is 15.0. The lowest BCUT2D eigenvalue weighted by Gasteiger charge is -2.43. The van der Waals surface area contributed by atoms with E-state index in [4.69, 9.17) is 9.42 Å². The van der Waals surface area contributed by atoms with E-state index in [0.29, 0.717) is 17.9 Å². The van der Waals surface area contributed by atoms with Gasteiger partial charge in [-0.25, -0.2) is 0 Å². The Morgan fingerprint density at radius 2 is 1.43 bits per heavy atom. The maximum Gasteiger partial charge on any atom is 0.261 e. The van der Waals surface area contributed by atoms with Crippen LogP contribution in [-0.2, 0) is 4.43 Å². The second-order valence-electron chi connectivity index (χ2n) is 13.7. The lowest BCUT2D eigenvalue weighted by Crippen LogP contribution is -2.66. The van der Waals surface area contributed by atoms with Crippen LogP contribution < -0.4 is 10.4 Å². The van der Waals surface area contributed by atoms with E-state index in [2.05, 4.69) is 127 Å². The molecule has 0 unspecified atom stereocenters. The molecule has 0 N–H and O–H groups in total. The van der Waals surface area contributed by atoms with Crippen molar-refractivity contribution in [1.29, 1.82) is 0 Å². The highest BCUT2D eigenvalue weighted by molar-refractivity contribution is 8.14. The number of hydrogen-bond acceptors (Lipinski definition) is 3. The normalized spacial score (nSPS) is 21.3. The van der Waals surface area contributed by atoms with Gasteiger partial charge in [0.25, 0.3) is 8.32 Å². The highest BCUT2D eigenvalue weighted by Gasteiger charge is 2.52. The van der Waals surface area contributed by atoms with Crippen LogP contribution in [0.3, 0.4) is 0 Å². The van der Waals surface area contributed by atoms with Crippen molar-refractivity contribution in [3.63, 3.8) is 0 Å². The summed E-state index contributed by atoms with van der Waals surface area (Å²) in [5.74, 6) is 2.30. The van der Waals surface area contributed by atoms with E-state index in [1.807, 2.05) is 11.8 Å². The van der Waals surface area contributed by atoms with Crippen LogP contribution in [0.2, 0.25) is 5.04 Å². The molecule has 226 valence electrons. The largest absolute Gasteiger partial charge is 0.407 e. The summed E-state index contributed by atoms with van der Waals surface area (Å²) in [6.07, 6.45) is 14.1. The molecule has 2 aromatic carbocycles. The summed E-state index contributed by atoms with van der Waals surface area (Å²) in [6, 6.07) is 22.5. The van der Waals surface area contributed by atoms with E-state index in [1.165, 1.54) is 45.0 Å². The van der Waals surface area contributed by atoms with Crippen LogP contribution in [0.15, 0.2) is 101 Å². The van der Waals surface area contributed by atoms with Crippen molar-refractivity contribution in [3.05, 3.63) is 95.6 Å². The van der Waals surface area contributed by atoms with Crippen LogP contribution in [0.25, 0.3) is 0 Å². The second-order valence-corrected chi connectivity index (χ2v) is 19.1. The van der Waals surface area contributed by atoms with E-state index in [0.717, 1.165) is 38.0 Å². The van der Waals surface area contributed by atoms with Crippen LogP contribution in [0.1, 0.15) is 87.0 Å². The van der Waals surface area contributed by atoms with Crippen molar-refractivity contribution >= 4 is 35.5 Å². The maximum atomic E-state index is 7.23. The molecule has 0 aromatic heterocycles. The minimum Gasteiger partial charge on any atom is -0.407 e. The van der Waals surface area contributed by atoms with E-state index in [-0.39, 0.29) is 5.04 Å². The molecule has 2 aliphatic rings. The van der Waals surface area contributed by atoms with Gasteiger partial charge < -0.3 is 4.43 Å². The Kier molecular flexibility index (Phi) is 11.7. The monoisotopic (exact) mass is 599 g/mol. The topological polar surface area (TPSA) is 21.6 Å². The van der Waals surface area contributed by atoms with Crippen LogP contribution in [-0.4, -0.2) is 31.8 Å². The first-order valence-electron chi connectivity index (χ1n) is 16.0. The van der Waals surface area contributed by atoms with Crippen LogP contribution in [0.4, 0.5) is 0 Å². The molecule has 0 radical (unpaired) electrons. The Bertz CT molecular complexity index is 1230. The van der Waals surface area contributed by atoms with Gasteiger partial charge in [0.2, 0.25) is 0 Å². The van der Waals surface area contributed by atoms with Crippen molar-refractivity contribution in [2.24, 2.45) is 16.8 Å². The number of rotatable bonds is 14. The lowest BCUT2D eigenvalue weighted by molar-refractivity contribution is 0.278. The summed E-state index contributed by atoms with van der Waals surface area (Å²) < 4.78 is 7.23. The van der Waals surface area contributed by atoms with Crippen LogP contribution >= 0.6 is 11.8 Å². The standard InChI is InChI=1S/C38H53NOSSi/c1-29(2)16-14-17-30(3)18-15-19-31(4)24-25-33-28-41-37(39-33)36-26-32(36)27-40-42(38(5,6)7,34-20-10-8-11-21-34)35-22-12-9-13-23-35/h8-13,16,18,20-24,32-33,36H,14-15,17,19,25-28H2,1-7H3/b30-18+,31-24+/t32-,33-,36-/m1/s1. The van der Waals surface area contributed by atoms with E-state index >= 15 is 0 Å². The van der Waals surface area contributed by atoms with Gasteiger partial charge in [0.1, 0.15) is 0 Å². The van der Waals surface area contributed by atoms with Gasteiger partial charge in [-0.2, -0.15) is 0 Å². The zero-order chi connectivity index (χ0) is 30.2. The Hall–Kier alpha value is -2.14. The Morgan fingerprint density at radius 1 is 0.857 bits per heavy atom. The van der Waals surface area contributed by atoms with Crippen LogP contribution in [0.5, 0.6) is 0 Å². The number of benzene rings is 2. The molecule has 1 aliphatic heterocycles. The van der Waals surface area contributed by atoms with Crippen molar-refractivity contribution in [1.82, 2.24) is 0 Å². The summed E-state index contributed by atoms with van der Waals surface area (Å²) >= 11 is 2.00. The average Bonchev–Trinajstić information content (AvgIpc) is 3.58. The van der Waals surface area contributed by atoms with Gasteiger partial charge in [0.15, 0.2) is 0 Å². The van der Waals surface area contributed by atoms with Crippen LogP contribution in [0, 0.1) is 11.8 Å². The number of thioether (sulfide) groups is 1. The fourth-order valence-corrected chi connectivity index (χ4v) is 12.1. The summed E-state index contributed by atoms with van der Waals surface area (Å²) in [5, 5.41) is 4.14. The zero-order valence-corrected chi connectivity index (χ0v) is 29.0. The molecule has 1 fully saturated rings. The molecule has 1 aliphatic carbocycles. The predicted molar refractivity (Wildman–Crippen MR) is 189 cm³/mol. The number of allylic oxidation sites excluding steroid dienone is 5. The smallest absolute Gasteiger partial charge is 0.261 e. The van der Waals surface area contributed by atoms with E-state index in [1.54, 1.807) is 0 Å². The lowest BCUT2D eigenvalue weighted by atomic mass is 10.1. The Balaban J connectivity index is 1.32. The number of aliphatic imine (C=N–C) groups is 1. The van der Waals surface area contributed by atoms with E-state index in [9.17, 15) is 0 Å². The summed E-state index contributed by atoms with van der Waals surface area (Å²) in [6.45, 7) is 16.8. The van der Waals surface area contributed by atoms with Gasteiger partial charge in [-0.1, -0.05) is 116 Å². The van der Waals surface area contributed by atoms with E-state index < -0.39 is 8.32 Å². The highest BCUT2D eigenvalue weighted by atomic mass is 32.2. The molecule has 1 saturated carbocycles. The molecule has 4 rings (SSSR count). The minimum absolute atomic E-state index is 0.0228. The zero-order valence-electron chi connectivity index (χ0n) is 27.2. The molecule has 0 spiro atoms. The first-order chi connectivity index (χ1) is 20.1. The Labute approximate surface area is 262 Å². The predicted octanol–water partition coefficient (Wildman–Crippen LogP) is 9.52. The summed E-state index contributed by atoms with van der Waals surface area (Å²) in [7, 11) is -2.47. The van der Waals surface area contributed by atoms with Crippen molar-refractivity contribution < 1.29 is 4.43 Å². The molecule has 1 heterocycles. The minimum atomic E-state index is -2.47. The fourth-order valence-electron chi connectivity index (χ4n) is 6.16. The molecule has 0 bridgehead atoms. The SMILES string of the molecule is CC(C)=CCC/C(C)=C/CC/C(C)=C/C[C@@H]1CSC([C@@H]2C[C@@H]2CO[Si](c2ccccc2)(c2ccccc2)C(C)(C)C)=N1. The molecule has 0 amide bonds. The summed E-state index contributed by atoms with van der Waals surface area (Å²) in [4.78, 5) is 5.21. The van der Waals surface area contributed by atoms with Gasteiger partial charge in [0, 0.05) is 18.3 Å². The molecule has 2 aromatic rings. The third-order valence-electron chi connectivity index (χ3n) is 8.77. The average molecular weight is 600 g/mol. The third kappa shape index (κ3) is 8.71. The molecular weight excluding hydrogens is 547 g/mol. The van der Waals surface area contributed by atoms with Crippen molar-refractivity contribution in [2.75, 3.05) is 12.4 Å². The first kappa shape index (κ1) is 32.8. The molecule has 42 heavy (non-hydrogen) atoms. The van der Waals surface area contributed by atoms with Gasteiger partial charge in [-0.05, 0) is 87.5 Å². The number of hydrogen-bond donors (Lipinski definition) is 0. The van der Waals surface area contributed by atoms with Gasteiger partial charge in [-0.15, -0.1) is 11.8 Å². The molecule has 3 atom stereocenters. The Morgan fingerprint density at radius 3 is 2.00 bits per heavy atom. The fraction of sp³-hybridized carbons (Fsp3) is 0.500. The quantitative estimate of drug-likeness (QED) is 0.159. The van der Waals surface area contributed by atoms with Gasteiger partial charge in [0.05, 0.1) is 11.1 Å². The third-order valence-corrected chi connectivity index (χ3v) is 15.0. The van der Waals surface area contributed by atoms with Crippen molar-refractivity contribution in [3.8, 4) is 0 Å². The highest BCUT2D eigenvalue weighted by Crippen LogP contribution is 2.47. The van der Waals surface area contributed by atoms with Crippen molar-refractivity contribution in [2.45, 2.75) is 98.1 Å². The van der Waals surface area contributed by atoms with Gasteiger partial charge in [-0.3, -0.25) is 4.99 Å². The number of nitrogens with zero attached hydrogens (tertiary/aromatic N) is 1. The molecular formula is C38H53NOSSi. The maximum absolute atomic E-state index is 7.23.